The normalized spacial score (nSPS) is 22.4. The second kappa shape index (κ2) is 5.75. The van der Waals surface area contributed by atoms with E-state index in [1.807, 2.05) is 13.8 Å². The molecule has 5 nitrogen and oxygen atoms in total. The molecule has 1 aliphatic rings. The van der Waals surface area contributed by atoms with E-state index < -0.39 is 9.84 Å². The monoisotopic (exact) mass is 347 g/mol. The molecular weight excluding hydrogens is 330 g/mol. The Kier molecular flexibility index (Phi) is 4.45. The number of nitrogens with zero attached hydrogens (tertiary/aromatic N) is 2. The Morgan fingerprint density at radius 3 is 2.79 bits per heavy atom. The van der Waals surface area contributed by atoms with Crippen LogP contribution in [0.3, 0.4) is 0 Å². The van der Waals surface area contributed by atoms with E-state index in [-0.39, 0.29) is 17.7 Å². The van der Waals surface area contributed by atoms with Crippen LogP contribution in [0.5, 0.6) is 0 Å². The zero-order chi connectivity index (χ0) is 14.0. The molecule has 1 fully saturated rings. The van der Waals surface area contributed by atoms with E-state index in [0.29, 0.717) is 22.6 Å². The zero-order valence-corrected chi connectivity index (χ0v) is 13.5. The number of hydrogen-bond acceptors (Lipinski definition) is 5. The third-order valence-electron chi connectivity index (χ3n) is 3.04. The van der Waals surface area contributed by atoms with Crippen molar-refractivity contribution < 1.29 is 8.42 Å². The minimum absolute atomic E-state index is 0.0550. The first-order valence-electron chi connectivity index (χ1n) is 6.37. The highest BCUT2D eigenvalue weighted by Crippen LogP contribution is 2.20. The molecule has 0 radical (unpaired) electrons. The molecule has 1 saturated heterocycles. The van der Waals surface area contributed by atoms with Gasteiger partial charge in [-0.15, -0.1) is 0 Å². The third-order valence-corrected chi connectivity index (χ3v) is 5.27. The minimum atomic E-state index is -2.91. The topological polar surface area (TPSA) is 72.0 Å². The third kappa shape index (κ3) is 4.14. The fourth-order valence-corrected chi connectivity index (χ4v) is 4.15. The van der Waals surface area contributed by atoms with Crippen LogP contribution in [0, 0.1) is 0 Å². The van der Waals surface area contributed by atoms with Crippen molar-refractivity contribution in [3.8, 4) is 0 Å². The summed E-state index contributed by atoms with van der Waals surface area (Å²) in [6.45, 7) is 4.05. The predicted octanol–water partition coefficient (Wildman–Crippen LogP) is 2.35. The first-order chi connectivity index (χ1) is 8.85. The van der Waals surface area contributed by atoms with E-state index in [1.54, 1.807) is 6.07 Å². The maximum Gasteiger partial charge on any atom is 0.152 e. The Morgan fingerprint density at radius 1 is 1.42 bits per heavy atom. The van der Waals surface area contributed by atoms with Gasteiger partial charge in [-0.05, 0) is 28.8 Å². The van der Waals surface area contributed by atoms with Crippen LogP contribution in [0.25, 0.3) is 0 Å². The lowest BCUT2D eigenvalue weighted by atomic mass is 10.2. The number of aromatic nitrogens is 2. The Hall–Kier alpha value is -0.690. The summed E-state index contributed by atoms with van der Waals surface area (Å²) in [4.78, 5) is 8.73. The molecule has 1 aromatic heterocycles. The Balaban J connectivity index is 2.14. The molecule has 0 amide bonds. The van der Waals surface area contributed by atoms with E-state index in [2.05, 4.69) is 31.2 Å². The number of anilines is 1. The van der Waals surface area contributed by atoms with Gasteiger partial charge in [0.15, 0.2) is 9.84 Å². The summed E-state index contributed by atoms with van der Waals surface area (Å²) in [6.07, 6.45) is 1.57. The van der Waals surface area contributed by atoms with Crippen molar-refractivity contribution in [3.05, 3.63) is 16.5 Å². The second-order valence-electron chi connectivity index (χ2n) is 5.19. The zero-order valence-electron chi connectivity index (χ0n) is 11.1. The van der Waals surface area contributed by atoms with Crippen molar-refractivity contribution in [2.24, 2.45) is 0 Å². The Labute approximate surface area is 122 Å². The molecule has 1 atom stereocenters. The van der Waals surface area contributed by atoms with Crippen LogP contribution in [0.1, 0.15) is 38.4 Å². The van der Waals surface area contributed by atoms with Crippen LogP contribution in [0.4, 0.5) is 5.82 Å². The maximum absolute atomic E-state index is 11.6. The molecule has 1 unspecified atom stereocenters. The SMILES string of the molecule is CC(C)c1nc(Br)cc(NC2CCCS(=O)(=O)C2)n1. The summed E-state index contributed by atoms with van der Waals surface area (Å²) < 4.78 is 23.9. The van der Waals surface area contributed by atoms with Crippen LogP contribution in [0.2, 0.25) is 0 Å². The van der Waals surface area contributed by atoms with Crippen molar-refractivity contribution in [3.63, 3.8) is 0 Å². The highest BCUT2D eigenvalue weighted by Gasteiger charge is 2.25. The van der Waals surface area contributed by atoms with E-state index in [0.717, 1.165) is 12.2 Å². The molecule has 0 saturated carbocycles. The van der Waals surface area contributed by atoms with Crippen LogP contribution in [-0.4, -0.2) is 35.9 Å². The van der Waals surface area contributed by atoms with Gasteiger partial charge in [-0.2, -0.15) is 0 Å². The van der Waals surface area contributed by atoms with Crippen LogP contribution in [0.15, 0.2) is 10.7 Å². The molecule has 106 valence electrons. The molecule has 0 spiro atoms. The number of sulfone groups is 1. The first kappa shape index (κ1) is 14.7. The molecule has 0 aromatic carbocycles. The smallest absolute Gasteiger partial charge is 0.152 e. The van der Waals surface area contributed by atoms with Gasteiger partial charge in [0, 0.05) is 18.0 Å². The number of hydrogen-bond donors (Lipinski definition) is 1. The van der Waals surface area contributed by atoms with Crippen molar-refractivity contribution in [1.82, 2.24) is 9.97 Å². The summed E-state index contributed by atoms with van der Waals surface area (Å²) in [6, 6.07) is 1.73. The lowest BCUT2D eigenvalue weighted by molar-refractivity contribution is 0.561. The Bertz CT molecular complexity index is 560. The quantitative estimate of drug-likeness (QED) is 0.849. The number of halogens is 1. The highest BCUT2D eigenvalue weighted by atomic mass is 79.9. The molecular formula is C12H18BrN3O2S. The van der Waals surface area contributed by atoms with Gasteiger partial charge < -0.3 is 5.32 Å². The van der Waals surface area contributed by atoms with Gasteiger partial charge in [-0.25, -0.2) is 18.4 Å². The number of rotatable bonds is 3. The number of nitrogens with one attached hydrogen (secondary N) is 1. The predicted molar refractivity (Wildman–Crippen MR) is 79.1 cm³/mol. The van der Waals surface area contributed by atoms with Crippen molar-refractivity contribution in [2.75, 3.05) is 16.8 Å². The maximum atomic E-state index is 11.6. The summed E-state index contributed by atoms with van der Waals surface area (Å²) in [5.41, 5.74) is 0. The lowest BCUT2D eigenvalue weighted by Crippen LogP contribution is -2.35. The van der Waals surface area contributed by atoms with Gasteiger partial charge in [0.2, 0.25) is 0 Å². The highest BCUT2D eigenvalue weighted by molar-refractivity contribution is 9.10. The van der Waals surface area contributed by atoms with Gasteiger partial charge in [0.1, 0.15) is 16.2 Å². The average Bonchev–Trinajstić information content (AvgIpc) is 2.26. The molecule has 1 aromatic rings. The van der Waals surface area contributed by atoms with Crippen LogP contribution >= 0.6 is 15.9 Å². The molecule has 0 bridgehead atoms. The van der Waals surface area contributed by atoms with Crippen molar-refractivity contribution in [2.45, 2.75) is 38.6 Å². The fraction of sp³-hybridized carbons (Fsp3) is 0.667. The van der Waals surface area contributed by atoms with Crippen molar-refractivity contribution >= 4 is 31.6 Å². The summed E-state index contributed by atoms with van der Waals surface area (Å²) in [5, 5.41) is 3.21. The van der Waals surface area contributed by atoms with Gasteiger partial charge >= 0.3 is 0 Å². The Morgan fingerprint density at radius 2 is 2.16 bits per heavy atom. The lowest BCUT2D eigenvalue weighted by Gasteiger charge is -2.23. The largest absolute Gasteiger partial charge is 0.366 e. The molecule has 0 aliphatic carbocycles. The molecule has 2 rings (SSSR count). The van der Waals surface area contributed by atoms with Crippen molar-refractivity contribution in [1.29, 1.82) is 0 Å². The van der Waals surface area contributed by atoms with Gasteiger partial charge in [0.25, 0.3) is 0 Å². The molecule has 7 heteroatoms. The molecule has 19 heavy (non-hydrogen) atoms. The van der Waals surface area contributed by atoms with E-state index in [9.17, 15) is 8.42 Å². The van der Waals surface area contributed by atoms with Gasteiger partial charge in [-0.1, -0.05) is 13.8 Å². The van der Waals surface area contributed by atoms with Crippen LogP contribution < -0.4 is 5.32 Å². The van der Waals surface area contributed by atoms with Gasteiger partial charge in [-0.3, -0.25) is 0 Å². The molecule has 2 heterocycles. The van der Waals surface area contributed by atoms with Gasteiger partial charge in [0.05, 0.1) is 11.5 Å². The summed E-state index contributed by atoms with van der Waals surface area (Å²) in [7, 11) is -2.91. The minimum Gasteiger partial charge on any atom is -0.366 e. The van der Waals surface area contributed by atoms with E-state index in [4.69, 9.17) is 0 Å². The van der Waals surface area contributed by atoms with Crippen LogP contribution in [-0.2, 0) is 9.84 Å². The first-order valence-corrected chi connectivity index (χ1v) is 8.98. The van der Waals surface area contributed by atoms with E-state index >= 15 is 0 Å². The average molecular weight is 348 g/mol. The second-order valence-corrected chi connectivity index (χ2v) is 8.23. The summed E-state index contributed by atoms with van der Waals surface area (Å²) in [5.74, 6) is 2.15. The summed E-state index contributed by atoms with van der Waals surface area (Å²) >= 11 is 3.36. The molecule has 1 aliphatic heterocycles. The fourth-order valence-electron chi connectivity index (χ4n) is 2.11. The molecule has 1 N–H and O–H groups in total. The standard InChI is InChI=1S/C12H18BrN3O2S/c1-8(2)12-15-10(13)6-11(16-12)14-9-4-3-5-19(17,18)7-9/h6,8-9H,3-5,7H2,1-2H3,(H,14,15,16). The van der Waals surface area contributed by atoms with E-state index in [1.165, 1.54) is 0 Å².